The summed E-state index contributed by atoms with van der Waals surface area (Å²) in [6.07, 6.45) is 7.42. The van der Waals surface area contributed by atoms with Crippen molar-refractivity contribution in [3.63, 3.8) is 0 Å². The number of aromatic nitrogens is 2. The summed E-state index contributed by atoms with van der Waals surface area (Å²) in [5.41, 5.74) is 4.75. The van der Waals surface area contributed by atoms with Gasteiger partial charge in [0.15, 0.2) is 0 Å². The van der Waals surface area contributed by atoms with E-state index in [1.54, 1.807) is 0 Å². The van der Waals surface area contributed by atoms with Crippen molar-refractivity contribution in [2.24, 2.45) is 0 Å². The zero-order valence-electron chi connectivity index (χ0n) is 25.3. The number of rotatable bonds is 8. The van der Waals surface area contributed by atoms with Gasteiger partial charge in [-0.2, -0.15) is 0 Å². The van der Waals surface area contributed by atoms with Crippen LogP contribution < -0.4 is 10.9 Å². The highest BCUT2D eigenvalue weighted by Crippen LogP contribution is 2.43. The first kappa shape index (κ1) is 28.7. The van der Waals surface area contributed by atoms with Crippen LogP contribution in [0.15, 0.2) is 59.4 Å². The third kappa shape index (κ3) is 5.41. The Balaban J connectivity index is 1.50. The molecule has 40 heavy (non-hydrogen) atoms. The van der Waals surface area contributed by atoms with Gasteiger partial charge in [-0.1, -0.05) is 55.8 Å². The Morgan fingerprint density at radius 1 is 1.07 bits per heavy atom. The van der Waals surface area contributed by atoms with Crippen LogP contribution in [0.2, 0.25) is 0 Å². The average Bonchev–Trinajstić information content (AvgIpc) is 2.95. The molecule has 1 aromatic heterocycles. The van der Waals surface area contributed by atoms with Crippen LogP contribution in [0.1, 0.15) is 82.8 Å². The highest BCUT2D eigenvalue weighted by Gasteiger charge is 2.36. The molecule has 0 spiro atoms. The molecule has 0 bridgehead atoms. The maximum atomic E-state index is 14.0. The van der Waals surface area contributed by atoms with Gasteiger partial charge < -0.3 is 5.32 Å². The van der Waals surface area contributed by atoms with E-state index in [1.807, 2.05) is 4.57 Å². The predicted octanol–water partition coefficient (Wildman–Crippen LogP) is 5.96. The summed E-state index contributed by atoms with van der Waals surface area (Å²) in [6, 6.07) is 18.2. The Morgan fingerprint density at radius 2 is 1.80 bits per heavy atom. The third-order valence-corrected chi connectivity index (χ3v) is 9.22. The van der Waals surface area contributed by atoms with Crippen molar-refractivity contribution >= 4 is 16.5 Å². The van der Waals surface area contributed by atoms with E-state index in [9.17, 15) is 4.79 Å². The van der Waals surface area contributed by atoms with Gasteiger partial charge in [0.05, 0.1) is 16.9 Å². The minimum Gasteiger partial charge on any atom is -0.309 e. The third-order valence-electron chi connectivity index (χ3n) is 9.22. The highest BCUT2D eigenvalue weighted by molar-refractivity contribution is 5.83. The molecular weight excluding hydrogens is 494 g/mol. The van der Waals surface area contributed by atoms with Gasteiger partial charge in [0.2, 0.25) is 0 Å². The predicted molar refractivity (Wildman–Crippen MR) is 167 cm³/mol. The summed E-state index contributed by atoms with van der Waals surface area (Å²) < 4.78 is 1.94. The molecule has 214 valence electrons. The molecule has 2 aromatic carbocycles. The normalized spacial score (nSPS) is 24.8. The Bertz CT molecular complexity index is 1400. The lowest BCUT2D eigenvalue weighted by Gasteiger charge is -2.43. The molecule has 4 atom stereocenters. The van der Waals surface area contributed by atoms with E-state index in [-0.39, 0.29) is 17.1 Å². The standard InChI is InChI=1S/C34H47N5O/c1-7-12-31(38-22-24(3)35-25(4)23-38)32-36-30-16-15-27(21-29(30)33(40)39(32)8-2)26-17-19-34(20-18-26,37(5)6)28-13-10-9-11-14-28/h9-11,13-17,21,24-25,31,35H,7-8,12,18-20,22-23H2,1-6H3/t24-,25+,31-,34-/m1/s1. The molecule has 0 radical (unpaired) electrons. The maximum Gasteiger partial charge on any atom is 0.261 e. The van der Waals surface area contributed by atoms with Gasteiger partial charge in [0, 0.05) is 37.3 Å². The van der Waals surface area contributed by atoms with Crippen LogP contribution >= 0.6 is 0 Å². The van der Waals surface area contributed by atoms with Crippen LogP contribution in [0.3, 0.4) is 0 Å². The molecule has 1 aliphatic heterocycles. The molecule has 2 heterocycles. The van der Waals surface area contributed by atoms with Crippen molar-refractivity contribution in [3.8, 4) is 0 Å². The second-order valence-electron chi connectivity index (χ2n) is 12.2. The zero-order chi connectivity index (χ0) is 28.4. The van der Waals surface area contributed by atoms with E-state index in [1.165, 1.54) is 11.1 Å². The minimum atomic E-state index is 0.000247. The number of benzene rings is 2. The van der Waals surface area contributed by atoms with Gasteiger partial charge >= 0.3 is 0 Å². The van der Waals surface area contributed by atoms with Gasteiger partial charge in [-0.05, 0) is 89.4 Å². The Morgan fingerprint density at radius 3 is 2.40 bits per heavy atom. The molecule has 6 heteroatoms. The minimum absolute atomic E-state index is 0.000247. The Kier molecular flexibility index (Phi) is 8.60. The molecular formula is C34H47N5O. The van der Waals surface area contributed by atoms with Crippen molar-refractivity contribution in [3.05, 3.63) is 81.9 Å². The zero-order valence-corrected chi connectivity index (χ0v) is 25.3. The molecule has 1 N–H and O–H groups in total. The van der Waals surface area contributed by atoms with E-state index in [0.717, 1.165) is 67.5 Å². The second kappa shape index (κ2) is 12.0. The summed E-state index contributed by atoms with van der Waals surface area (Å²) >= 11 is 0. The summed E-state index contributed by atoms with van der Waals surface area (Å²) in [5.74, 6) is 0.923. The number of nitrogens with zero attached hydrogens (tertiary/aromatic N) is 4. The number of piperazine rings is 1. The number of allylic oxidation sites excluding steroid dienone is 1. The van der Waals surface area contributed by atoms with Crippen molar-refractivity contribution in [2.75, 3.05) is 27.2 Å². The first-order chi connectivity index (χ1) is 19.3. The van der Waals surface area contributed by atoms with Gasteiger partial charge in [0.25, 0.3) is 5.56 Å². The highest BCUT2D eigenvalue weighted by atomic mass is 16.1. The summed E-state index contributed by atoms with van der Waals surface area (Å²) in [5, 5.41) is 4.38. The van der Waals surface area contributed by atoms with Crippen LogP contribution in [0.5, 0.6) is 0 Å². The average molecular weight is 542 g/mol. The SMILES string of the molecule is CCC[C@H](c1nc2ccc(C3=CC[C@@](c4ccccc4)(N(C)C)CC3)cc2c(=O)n1CC)N1C[C@@H](C)N[C@@H](C)C1. The van der Waals surface area contributed by atoms with E-state index >= 15 is 0 Å². The molecule has 1 saturated heterocycles. The van der Waals surface area contributed by atoms with Crippen molar-refractivity contribution < 1.29 is 0 Å². The lowest BCUT2D eigenvalue weighted by Crippen LogP contribution is -2.55. The lowest BCUT2D eigenvalue weighted by molar-refractivity contribution is 0.109. The first-order valence-corrected chi connectivity index (χ1v) is 15.2. The summed E-state index contributed by atoms with van der Waals surface area (Å²) in [4.78, 5) is 24.1. The Hall–Kier alpha value is -2.80. The number of nitrogens with one attached hydrogen (secondary N) is 1. The quantitative estimate of drug-likeness (QED) is 0.381. The summed E-state index contributed by atoms with van der Waals surface area (Å²) in [7, 11) is 4.37. The van der Waals surface area contributed by atoms with E-state index in [4.69, 9.17) is 4.98 Å². The summed E-state index contributed by atoms with van der Waals surface area (Å²) in [6.45, 7) is 11.4. The number of fused-ring (bicyclic) bond motifs is 1. The van der Waals surface area contributed by atoms with Crippen LogP contribution in [0.25, 0.3) is 16.5 Å². The maximum absolute atomic E-state index is 14.0. The Labute approximate surface area is 240 Å². The number of hydrogen-bond acceptors (Lipinski definition) is 5. The molecule has 1 fully saturated rings. The second-order valence-corrected chi connectivity index (χ2v) is 12.2. The topological polar surface area (TPSA) is 53.4 Å². The fourth-order valence-electron chi connectivity index (χ4n) is 7.14. The van der Waals surface area contributed by atoms with E-state index in [0.29, 0.717) is 18.6 Å². The molecule has 5 rings (SSSR count). The van der Waals surface area contributed by atoms with Crippen LogP contribution in [-0.4, -0.2) is 58.6 Å². The molecule has 6 nitrogen and oxygen atoms in total. The molecule has 0 saturated carbocycles. The van der Waals surface area contributed by atoms with Crippen LogP contribution in [0, 0.1) is 0 Å². The molecule has 0 amide bonds. The first-order valence-electron chi connectivity index (χ1n) is 15.2. The van der Waals surface area contributed by atoms with Gasteiger partial charge in [-0.3, -0.25) is 19.2 Å². The smallest absolute Gasteiger partial charge is 0.261 e. The number of hydrogen-bond donors (Lipinski definition) is 1. The monoisotopic (exact) mass is 541 g/mol. The van der Waals surface area contributed by atoms with Gasteiger partial charge in [-0.25, -0.2) is 4.98 Å². The van der Waals surface area contributed by atoms with Crippen LogP contribution in [-0.2, 0) is 12.1 Å². The fraction of sp³-hybridized carbons (Fsp3) is 0.529. The van der Waals surface area contributed by atoms with Gasteiger partial charge in [-0.15, -0.1) is 0 Å². The van der Waals surface area contributed by atoms with Crippen molar-refractivity contribution in [2.45, 2.75) is 90.0 Å². The van der Waals surface area contributed by atoms with E-state index in [2.05, 4.69) is 112 Å². The lowest BCUT2D eigenvalue weighted by atomic mass is 9.75. The largest absolute Gasteiger partial charge is 0.309 e. The van der Waals surface area contributed by atoms with Crippen molar-refractivity contribution in [1.29, 1.82) is 0 Å². The molecule has 2 aliphatic rings. The molecule has 3 aromatic rings. The van der Waals surface area contributed by atoms with Crippen molar-refractivity contribution in [1.82, 2.24) is 24.7 Å². The fourth-order valence-corrected chi connectivity index (χ4v) is 7.14. The van der Waals surface area contributed by atoms with Crippen LogP contribution in [0.4, 0.5) is 0 Å². The van der Waals surface area contributed by atoms with Gasteiger partial charge in [0.1, 0.15) is 5.82 Å². The molecule has 1 aliphatic carbocycles. The molecule has 0 unspecified atom stereocenters. The van der Waals surface area contributed by atoms with E-state index < -0.39 is 0 Å².